The molecule has 2 rings (SSSR count). The molecule has 0 fully saturated rings. The summed E-state index contributed by atoms with van der Waals surface area (Å²) in [5.41, 5.74) is 1.49. The second-order valence-corrected chi connectivity index (χ2v) is 4.10. The lowest BCUT2D eigenvalue weighted by Crippen LogP contribution is -2.04. The molecule has 0 radical (unpaired) electrons. The molecule has 0 aliphatic carbocycles. The van der Waals surface area contributed by atoms with Gasteiger partial charge in [-0.3, -0.25) is 0 Å². The molecule has 0 unspecified atom stereocenters. The SMILES string of the molecule is O=C(OCc1ccccc1)c1ccc(OI)cc1. The first-order valence-corrected chi connectivity index (χ1v) is 6.27. The van der Waals surface area contributed by atoms with E-state index in [1.165, 1.54) is 0 Å². The first-order chi connectivity index (χ1) is 8.79. The summed E-state index contributed by atoms with van der Waals surface area (Å²) in [5, 5.41) is 0. The molecule has 92 valence electrons. The van der Waals surface area contributed by atoms with Crippen molar-refractivity contribution >= 4 is 29.0 Å². The van der Waals surface area contributed by atoms with Gasteiger partial charge in [-0.1, -0.05) is 30.3 Å². The van der Waals surface area contributed by atoms with Crippen molar-refractivity contribution in [3.63, 3.8) is 0 Å². The van der Waals surface area contributed by atoms with Crippen LogP contribution in [0.15, 0.2) is 54.6 Å². The van der Waals surface area contributed by atoms with Crippen LogP contribution >= 0.6 is 23.0 Å². The van der Waals surface area contributed by atoms with Crippen LogP contribution in [0.2, 0.25) is 0 Å². The van der Waals surface area contributed by atoms with Crippen LogP contribution in [0.1, 0.15) is 15.9 Å². The van der Waals surface area contributed by atoms with E-state index in [-0.39, 0.29) is 12.6 Å². The van der Waals surface area contributed by atoms with Gasteiger partial charge in [-0.2, -0.15) is 0 Å². The standard InChI is InChI=1S/C14H11IO3/c15-18-13-8-6-12(7-9-13)14(16)17-10-11-4-2-1-3-5-11/h1-9H,10H2. The Hall–Kier alpha value is -1.56. The number of benzene rings is 2. The van der Waals surface area contributed by atoms with Gasteiger partial charge in [0, 0.05) is 0 Å². The van der Waals surface area contributed by atoms with E-state index in [0.29, 0.717) is 11.3 Å². The molecule has 0 amide bonds. The second-order valence-electron chi connectivity index (χ2n) is 3.66. The van der Waals surface area contributed by atoms with E-state index >= 15 is 0 Å². The van der Waals surface area contributed by atoms with Crippen molar-refractivity contribution in [3.05, 3.63) is 65.7 Å². The molecular formula is C14H11IO3. The monoisotopic (exact) mass is 354 g/mol. The number of esters is 1. The van der Waals surface area contributed by atoms with Crippen LogP contribution in [0.3, 0.4) is 0 Å². The molecule has 0 bridgehead atoms. The van der Waals surface area contributed by atoms with E-state index in [1.54, 1.807) is 47.3 Å². The minimum Gasteiger partial charge on any atom is -0.457 e. The van der Waals surface area contributed by atoms with E-state index in [4.69, 9.17) is 7.80 Å². The van der Waals surface area contributed by atoms with Gasteiger partial charge in [0.15, 0.2) is 23.0 Å². The Kier molecular flexibility index (Phi) is 4.58. The molecule has 18 heavy (non-hydrogen) atoms. The number of carbonyl (C=O) groups is 1. The smallest absolute Gasteiger partial charge is 0.338 e. The highest BCUT2D eigenvalue weighted by atomic mass is 127. The molecule has 3 nitrogen and oxygen atoms in total. The number of hydrogen-bond donors (Lipinski definition) is 0. The van der Waals surface area contributed by atoms with Crippen LogP contribution < -0.4 is 3.07 Å². The minimum atomic E-state index is -0.334. The molecule has 0 saturated carbocycles. The predicted molar refractivity (Wildman–Crippen MR) is 76.7 cm³/mol. The average Bonchev–Trinajstić information content (AvgIpc) is 2.46. The maximum Gasteiger partial charge on any atom is 0.338 e. The van der Waals surface area contributed by atoms with Crippen LogP contribution in [0.25, 0.3) is 0 Å². The molecular weight excluding hydrogens is 343 g/mol. The fraction of sp³-hybridized carbons (Fsp3) is 0.0714. The summed E-state index contributed by atoms with van der Waals surface area (Å²) in [4.78, 5) is 11.8. The third-order valence-corrected chi connectivity index (χ3v) is 2.90. The summed E-state index contributed by atoms with van der Waals surface area (Å²) in [5.74, 6) is 0.370. The highest BCUT2D eigenvalue weighted by Gasteiger charge is 2.07. The Bertz CT molecular complexity index is 508. The highest BCUT2D eigenvalue weighted by Crippen LogP contribution is 2.15. The zero-order valence-corrected chi connectivity index (χ0v) is 11.7. The lowest BCUT2D eigenvalue weighted by atomic mass is 10.2. The molecule has 2 aromatic carbocycles. The van der Waals surface area contributed by atoms with Crippen molar-refractivity contribution in [1.82, 2.24) is 0 Å². The molecule has 0 aromatic heterocycles. The summed E-state index contributed by atoms with van der Waals surface area (Å²) in [7, 11) is 0. The summed E-state index contributed by atoms with van der Waals surface area (Å²) < 4.78 is 10.2. The maximum atomic E-state index is 11.8. The quantitative estimate of drug-likeness (QED) is 0.619. The number of rotatable bonds is 4. The fourth-order valence-corrected chi connectivity index (χ4v) is 1.74. The van der Waals surface area contributed by atoms with Gasteiger partial charge in [-0.25, -0.2) is 4.79 Å². The Balaban J connectivity index is 1.95. The molecule has 0 N–H and O–H groups in total. The first kappa shape index (κ1) is 12.9. The van der Waals surface area contributed by atoms with Crippen molar-refractivity contribution < 1.29 is 12.6 Å². The van der Waals surface area contributed by atoms with E-state index in [1.807, 2.05) is 30.3 Å². The summed E-state index contributed by atoms with van der Waals surface area (Å²) in [6.07, 6.45) is 0. The zero-order valence-electron chi connectivity index (χ0n) is 9.51. The van der Waals surface area contributed by atoms with Crippen LogP contribution in [0.5, 0.6) is 5.75 Å². The molecule has 0 saturated heterocycles. The van der Waals surface area contributed by atoms with Gasteiger partial charge in [0.05, 0.1) is 5.56 Å². The Morgan fingerprint density at radius 1 is 1.00 bits per heavy atom. The Labute approximate surface area is 119 Å². The van der Waals surface area contributed by atoms with Crippen LogP contribution in [-0.2, 0) is 11.3 Å². The largest absolute Gasteiger partial charge is 0.457 e. The van der Waals surface area contributed by atoms with Crippen LogP contribution in [-0.4, -0.2) is 5.97 Å². The van der Waals surface area contributed by atoms with Crippen molar-refractivity contribution in [3.8, 4) is 5.75 Å². The lowest BCUT2D eigenvalue weighted by Gasteiger charge is -2.05. The van der Waals surface area contributed by atoms with Gasteiger partial charge >= 0.3 is 5.97 Å². The van der Waals surface area contributed by atoms with Gasteiger partial charge < -0.3 is 7.80 Å². The lowest BCUT2D eigenvalue weighted by molar-refractivity contribution is 0.0473. The second kappa shape index (κ2) is 6.39. The van der Waals surface area contributed by atoms with Gasteiger partial charge in [0.2, 0.25) is 0 Å². The number of hydrogen-bond acceptors (Lipinski definition) is 3. The van der Waals surface area contributed by atoms with Gasteiger partial charge in [-0.05, 0) is 29.8 Å². The normalized spacial score (nSPS) is 9.83. The van der Waals surface area contributed by atoms with E-state index in [0.717, 1.165) is 5.56 Å². The topological polar surface area (TPSA) is 35.5 Å². The molecule has 0 heterocycles. The number of ether oxygens (including phenoxy) is 1. The average molecular weight is 354 g/mol. The van der Waals surface area contributed by atoms with Crippen molar-refractivity contribution in [1.29, 1.82) is 0 Å². The zero-order chi connectivity index (χ0) is 12.8. The van der Waals surface area contributed by atoms with Crippen molar-refractivity contribution in [2.45, 2.75) is 6.61 Å². The number of carbonyl (C=O) groups excluding carboxylic acids is 1. The van der Waals surface area contributed by atoms with E-state index < -0.39 is 0 Å². The molecule has 0 atom stereocenters. The molecule has 0 spiro atoms. The summed E-state index contributed by atoms with van der Waals surface area (Å²) >= 11 is 1.79. The van der Waals surface area contributed by atoms with Crippen LogP contribution in [0, 0.1) is 0 Å². The molecule has 4 heteroatoms. The van der Waals surface area contributed by atoms with Gasteiger partial charge in [-0.15, -0.1) is 0 Å². The summed E-state index contributed by atoms with van der Waals surface area (Å²) in [6.45, 7) is 0.282. The molecule has 0 aliphatic heterocycles. The minimum absolute atomic E-state index is 0.282. The van der Waals surface area contributed by atoms with E-state index in [2.05, 4.69) is 0 Å². The first-order valence-electron chi connectivity index (χ1n) is 5.39. The Morgan fingerprint density at radius 3 is 2.28 bits per heavy atom. The predicted octanol–water partition coefficient (Wildman–Crippen LogP) is 3.77. The van der Waals surface area contributed by atoms with Gasteiger partial charge in [0.1, 0.15) is 12.4 Å². The third-order valence-electron chi connectivity index (χ3n) is 2.39. The fourth-order valence-electron chi connectivity index (χ4n) is 1.45. The van der Waals surface area contributed by atoms with E-state index in [9.17, 15) is 4.79 Å². The van der Waals surface area contributed by atoms with Crippen LogP contribution in [0.4, 0.5) is 0 Å². The third kappa shape index (κ3) is 3.46. The van der Waals surface area contributed by atoms with Gasteiger partial charge in [0.25, 0.3) is 0 Å². The molecule has 2 aromatic rings. The van der Waals surface area contributed by atoms with Crippen molar-refractivity contribution in [2.75, 3.05) is 0 Å². The molecule has 0 aliphatic rings. The number of halogens is 1. The Morgan fingerprint density at radius 2 is 1.67 bits per heavy atom. The highest BCUT2D eigenvalue weighted by molar-refractivity contribution is 14.1. The summed E-state index contributed by atoms with van der Waals surface area (Å²) in [6, 6.07) is 16.4. The van der Waals surface area contributed by atoms with Crippen molar-refractivity contribution in [2.24, 2.45) is 0 Å². The maximum absolute atomic E-state index is 11.8.